The summed E-state index contributed by atoms with van der Waals surface area (Å²) in [7, 11) is 1.01. The van der Waals surface area contributed by atoms with Gasteiger partial charge in [0.05, 0.1) is 19.1 Å². The molecule has 0 bridgehead atoms. The molecule has 37 heavy (non-hydrogen) atoms. The van der Waals surface area contributed by atoms with Crippen LogP contribution in [0.1, 0.15) is 29.3 Å². The molecule has 1 heterocycles. The molecular formula is C27H29N3O5S2. The van der Waals surface area contributed by atoms with E-state index in [0.717, 1.165) is 22.2 Å². The molecule has 0 unspecified atom stereocenters. The second kappa shape index (κ2) is 11.3. The topological polar surface area (TPSA) is 90.2 Å². The highest BCUT2D eigenvalue weighted by molar-refractivity contribution is 7.89. The lowest BCUT2D eigenvalue weighted by Crippen LogP contribution is -2.26. The van der Waals surface area contributed by atoms with Crippen LogP contribution < -0.4 is 14.3 Å². The molecule has 0 aliphatic rings. The Hall–Kier alpha value is -3.47. The van der Waals surface area contributed by atoms with Crippen LogP contribution >= 0.6 is 11.3 Å². The predicted octanol–water partition coefficient (Wildman–Crippen LogP) is 4.69. The molecule has 4 rings (SSSR count). The molecule has 0 saturated heterocycles. The van der Waals surface area contributed by atoms with E-state index in [4.69, 9.17) is 9.47 Å². The van der Waals surface area contributed by atoms with Crippen molar-refractivity contribution in [1.82, 2.24) is 8.87 Å². The van der Waals surface area contributed by atoms with E-state index in [9.17, 15) is 13.2 Å². The van der Waals surface area contributed by atoms with Gasteiger partial charge in [-0.1, -0.05) is 48.6 Å². The summed E-state index contributed by atoms with van der Waals surface area (Å²) in [5.41, 5.74) is 2.00. The number of carbonyl (C=O) groups excluding carboxylic acids is 1. The van der Waals surface area contributed by atoms with Crippen molar-refractivity contribution >= 4 is 37.5 Å². The van der Waals surface area contributed by atoms with Crippen molar-refractivity contribution in [2.75, 3.05) is 21.3 Å². The lowest BCUT2D eigenvalue weighted by molar-refractivity contribution is 0.0997. The van der Waals surface area contributed by atoms with E-state index in [1.807, 2.05) is 54.0 Å². The first-order valence-electron chi connectivity index (χ1n) is 11.7. The normalized spacial score (nSPS) is 12.3. The highest BCUT2D eigenvalue weighted by Crippen LogP contribution is 2.35. The second-order valence-electron chi connectivity index (χ2n) is 8.37. The first-order valence-corrected chi connectivity index (χ1v) is 14.0. The van der Waals surface area contributed by atoms with Gasteiger partial charge >= 0.3 is 0 Å². The zero-order valence-corrected chi connectivity index (χ0v) is 22.8. The van der Waals surface area contributed by atoms with Gasteiger partial charge in [-0.15, -0.1) is 0 Å². The van der Waals surface area contributed by atoms with Gasteiger partial charge in [0.2, 0.25) is 10.0 Å². The molecule has 194 valence electrons. The number of aryl methyl sites for hydroxylation is 1. The van der Waals surface area contributed by atoms with Crippen LogP contribution in [0.5, 0.6) is 11.5 Å². The fourth-order valence-corrected chi connectivity index (χ4v) is 6.32. The highest BCUT2D eigenvalue weighted by Gasteiger charge is 2.22. The van der Waals surface area contributed by atoms with E-state index in [-0.39, 0.29) is 11.4 Å². The number of hydrogen-bond donors (Lipinski definition) is 0. The van der Waals surface area contributed by atoms with Crippen LogP contribution in [0.4, 0.5) is 0 Å². The Balaban J connectivity index is 1.66. The molecule has 0 N–H and O–H groups in total. The van der Waals surface area contributed by atoms with E-state index in [2.05, 4.69) is 4.99 Å². The Labute approximate surface area is 220 Å². The van der Waals surface area contributed by atoms with E-state index in [0.29, 0.717) is 28.4 Å². The number of ether oxygens (including phenoxy) is 2. The first kappa shape index (κ1) is 26.6. The Bertz CT molecular complexity index is 1570. The van der Waals surface area contributed by atoms with Crippen molar-refractivity contribution in [3.05, 3.63) is 82.7 Å². The van der Waals surface area contributed by atoms with Gasteiger partial charge < -0.3 is 14.0 Å². The molecule has 0 spiro atoms. The zero-order valence-electron chi connectivity index (χ0n) is 21.2. The van der Waals surface area contributed by atoms with E-state index in [1.165, 1.54) is 47.0 Å². The largest absolute Gasteiger partial charge is 0.495 e. The van der Waals surface area contributed by atoms with Crippen molar-refractivity contribution in [2.45, 2.75) is 31.3 Å². The molecule has 1 aromatic heterocycles. The summed E-state index contributed by atoms with van der Waals surface area (Å²) >= 11 is 1.35. The van der Waals surface area contributed by atoms with E-state index >= 15 is 0 Å². The zero-order chi connectivity index (χ0) is 26.6. The number of amides is 1. The van der Waals surface area contributed by atoms with Crippen LogP contribution in [0.15, 0.2) is 76.6 Å². The van der Waals surface area contributed by atoms with E-state index < -0.39 is 15.9 Å². The van der Waals surface area contributed by atoms with Crippen LogP contribution in [0.3, 0.4) is 0 Å². The van der Waals surface area contributed by atoms with Gasteiger partial charge in [-0.3, -0.25) is 4.79 Å². The first-order chi connectivity index (χ1) is 17.8. The van der Waals surface area contributed by atoms with Gasteiger partial charge in [0.25, 0.3) is 5.91 Å². The summed E-state index contributed by atoms with van der Waals surface area (Å²) in [6, 6.07) is 18.9. The third kappa shape index (κ3) is 5.46. The quantitative estimate of drug-likeness (QED) is 0.308. The Morgan fingerprint density at radius 1 is 0.973 bits per heavy atom. The minimum absolute atomic E-state index is 0.111. The van der Waals surface area contributed by atoms with Gasteiger partial charge in [0, 0.05) is 25.7 Å². The van der Waals surface area contributed by atoms with E-state index in [1.54, 1.807) is 14.2 Å². The molecular weight excluding hydrogens is 510 g/mol. The third-order valence-electron chi connectivity index (χ3n) is 5.89. The number of rotatable bonds is 9. The number of thiazole rings is 1. The molecule has 10 heteroatoms. The second-order valence-corrected chi connectivity index (χ2v) is 11.4. The molecule has 0 fully saturated rings. The SMILES string of the molecule is CCCn1c(=NC(=O)c2ccc(S(=O)(=O)N(C)Cc3ccccc3)cc2)sc2c(OC)ccc(OC)c21. The number of sulfonamides is 1. The van der Waals surface area contributed by atoms with Crippen molar-refractivity contribution < 1.29 is 22.7 Å². The lowest BCUT2D eigenvalue weighted by Gasteiger charge is -2.17. The molecule has 0 aliphatic carbocycles. The van der Waals surface area contributed by atoms with Crippen LogP contribution in [0.2, 0.25) is 0 Å². The fraction of sp³-hybridized carbons (Fsp3) is 0.259. The minimum atomic E-state index is -3.72. The summed E-state index contributed by atoms with van der Waals surface area (Å²) < 4.78 is 41.2. The Morgan fingerprint density at radius 3 is 2.24 bits per heavy atom. The number of aromatic nitrogens is 1. The molecule has 8 nitrogen and oxygen atoms in total. The summed E-state index contributed by atoms with van der Waals surface area (Å²) in [5, 5.41) is 0. The molecule has 0 radical (unpaired) electrons. The summed E-state index contributed by atoms with van der Waals surface area (Å²) in [5.74, 6) is 0.883. The smallest absolute Gasteiger partial charge is 0.279 e. The number of benzene rings is 3. The molecule has 4 aromatic rings. The van der Waals surface area contributed by atoms with Crippen molar-refractivity contribution in [3.8, 4) is 11.5 Å². The van der Waals surface area contributed by atoms with Crippen molar-refractivity contribution in [2.24, 2.45) is 4.99 Å². The van der Waals surface area contributed by atoms with Crippen LogP contribution in [-0.2, 0) is 23.1 Å². The summed E-state index contributed by atoms with van der Waals surface area (Å²) in [6.45, 7) is 2.93. The summed E-state index contributed by atoms with van der Waals surface area (Å²) in [4.78, 5) is 18.1. The maximum absolute atomic E-state index is 13.1. The third-order valence-corrected chi connectivity index (χ3v) is 8.80. The number of nitrogens with zero attached hydrogens (tertiary/aromatic N) is 3. The van der Waals surface area contributed by atoms with Crippen molar-refractivity contribution in [3.63, 3.8) is 0 Å². The number of fused-ring (bicyclic) bond motifs is 1. The fourth-order valence-electron chi connectivity index (χ4n) is 4.00. The van der Waals surface area contributed by atoms with Gasteiger partial charge in [-0.25, -0.2) is 8.42 Å². The molecule has 1 amide bonds. The Morgan fingerprint density at radius 2 is 1.62 bits per heavy atom. The monoisotopic (exact) mass is 539 g/mol. The average Bonchev–Trinajstić information content (AvgIpc) is 3.26. The number of hydrogen-bond acceptors (Lipinski definition) is 6. The standard InChI is InChI=1S/C27H29N3O5S2/c1-5-17-30-24-22(34-3)15-16-23(35-4)25(24)36-27(30)28-26(31)20-11-13-21(14-12-20)37(32,33)29(2)18-19-9-7-6-8-10-19/h6-16H,5,17-18H2,1-4H3. The summed E-state index contributed by atoms with van der Waals surface area (Å²) in [6.07, 6.45) is 0.830. The molecule has 0 aliphatic heterocycles. The molecule has 0 atom stereocenters. The van der Waals surface area contributed by atoms with Gasteiger partial charge in [-0.2, -0.15) is 9.30 Å². The Kier molecular flexibility index (Phi) is 8.11. The number of carbonyl (C=O) groups is 1. The van der Waals surface area contributed by atoms with Crippen LogP contribution in [0, 0.1) is 0 Å². The number of methoxy groups -OCH3 is 2. The average molecular weight is 540 g/mol. The highest BCUT2D eigenvalue weighted by atomic mass is 32.2. The lowest BCUT2D eigenvalue weighted by atomic mass is 10.2. The molecule has 0 saturated carbocycles. The van der Waals surface area contributed by atoms with Gasteiger partial charge in [0.15, 0.2) is 4.80 Å². The maximum Gasteiger partial charge on any atom is 0.279 e. The van der Waals surface area contributed by atoms with Crippen LogP contribution in [0.25, 0.3) is 10.2 Å². The van der Waals surface area contributed by atoms with Gasteiger partial charge in [-0.05, 0) is 48.4 Å². The minimum Gasteiger partial charge on any atom is -0.495 e. The van der Waals surface area contributed by atoms with Crippen LogP contribution in [-0.4, -0.2) is 44.5 Å². The predicted molar refractivity (Wildman–Crippen MR) is 145 cm³/mol. The maximum atomic E-state index is 13.1. The molecule has 3 aromatic carbocycles. The van der Waals surface area contributed by atoms with Gasteiger partial charge in [0.1, 0.15) is 21.7 Å². The van der Waals surface area contributed by atoms with Crippen molar-refractivity contribution in [1.29, 1.82) is 0 Å².